The maximum atomic E-state index is 10.9. The van der Waals surface area contributed by atoms with Gasteiger partial charge in [0, 0.05) is 25.7 Å². The Morgan fingerprint density at radius 2 is 2.25 bits per heavy atom. The highest BCUT2D eigenvalue weighted by Gasteiger charge is 2.28. The molecule has 0 aliphatic heterocycles. The van der Waals surface area contributed by atoms with Gasteiger partial charge in [0.2, 0.25) is 5.91 Å². The smallest absolute Gasteiger partial charge is 0.295 e. The Hall–Kier alpha value is -1.77. The molecule has 0 bridgehead atoms. The van der Waals surface area contributed by atoms with Crippen LogP contribution in [0.2, 0.25) is 5.02 Å². The van der Waals surface area contributed by atoms with Crippen LogP contribution in [0, 0.1) is 10.1 Å². The third-order valence-corrected chi connectivity index (χ3v) is 2.73. The summed E-state index contributed by atoms with van der Waals surface area (Å²) in [6.45, 7) is 1.45. The molecule has 0 aliphatic carbocycles. The van der Waals surface area contributed by atoms with Gasteiger partial charge in [0.15, 0.2) is 0 Å². The molecule has 0 saturated heterocycles. The van der Waals surface area contributed by atoms with E-state index in [2.05, 4.69) is 10.3 Å². The first-order valence-corrected chi connectivity index (χ1v) is 6.11. The molecule has 1 aromatic rings. The lowest BCUT2D eigenvalue weighted by Crippen LogP contribution is -2.28. The van der Waals surface area contributed by atoms with Crippen LogP contribution in [0.25, 0.3) is 0 Å². The van der Waals surface area contributed by atoms with Gasteiger partial charge in [-0.2, -0.15) is 0 Å². The number of hydrogen-bond acceptors (Lipinski definition) is 6. The van der Waals surface area contributed by atoms with Gasteiger partial charge in [0.1, 0.15) is 11.8 Å². The molecule has 8 nitrogen and oxygen atoms in total. The van der Waals surface area contributed by atoms with E-state index >= 15 is 0 Å². The number of carbonyl (C=O) groups excluding carboxylic acids is 1. The van der Waals surface area contributed by atoms with Crippen molar-refractivity contribution in [2.24, 2.45) is 0 Å². The lowest BCUT2D eigenvalue weighted by molar-refractivity contribution is -0.386. The number of halogens is 1. The molecule has 2 unspecified atom stereocenters. The van der Waals surface area contributed by atoms with Gasteiger partial charge in [-0.15, -0.1) is 0 Å². The Bertz CT molecular complexity index is 511. The molecule has 1 aromatic heterocycles. The first-order valence-electron chi connectivity index (χ1n) is 5.73. The van der Waals surface area contributed by atoms with Crippen molar-refractivity contribution in [3.05, 3.63) is 33.1 Å². The fraction of sp³-hybridized carbons (Fsp3) is 0.455. The zero-order chi connectivity index (χ0) is 15.3. The zero-order valence-corrected chi connectivity index (χ0v) is 11.4. The number of nitro groups is 1. The number of rotatable bonds is 6. The van der Waals surface area contributed by atoms with Crippen molar-refractivity contribution in [2.45, 2.75) is 25.6 Å². The highest BCUT2D eigenvalue weighted by molar-refractivity contribution is 6.30. The minimum Gasteiger partial charge on any atom is -0.390 e. The average molecular weight is 304 g/mol. The maximum Gasteiger partial charge on any atom is 0.295 e. The third-order valence-electron chi connectivity index (χ3n) is 2.52. The fourth-order valence-corrected chi connectivity index (χ4v) is 1.70. The molecule has 0 aliphatic rings. The Labute approximate surface area is 119 Å². The molecule has 9 heteroatoms. The highest BCUT2D eigenvalue weighted by atomic mass is 35.5. The Kier molecular flexibility index (Phi) is 5.81. The number of aliphatic hydroxyl groups excluding tert-OH is 2. The minimum atomic E-state index is -1.54. The summed E-state index contributed by atoms with van der Waals surface area (Å²) in [6.07, 6.45) is -1.66. The molecule has 0 aromatic carbocycles. The number of amides is 1. The van der Waals surface area contributed by atoms with Crippen LogP contribution in [-0.2, 0) is 4.79 Å². The third kappa shape index (κ3) is 4.41. The topological polar surface area (TPSA) is 126 Å². The standard InChI is InChI=1S/C11H14ClN3O5/c1-6(16)13-3-2-9(17)11(18)10-8(15(19)20)4-7(12)5-14-10/h4-5,9,11,17-18H,2-3H2,1H3,(H,13,16). The van der Waals surface area contributed by atoms with E-state index in [1.54, 1.807) is 0 Å². The minimum absolute atomic E-state index is 0.0300. The average Bonchev–Trinajstić information content (AvgIpc) is 2.37. The number of nitrogens with one attached hydrogen (secondary N) is 1. The molecule has 1 rings (SSSR count). The Morgan fingerprint density at radius 3 is 2.80 bits per heavy atom. The number of carbonyl (C=O) groups is 1. The van der Waals surface area contributed by atoms with E-state index in [0.29, 0.717) is 0 Å². The molecule has 2 atom stereocenters. The van der Waals surface area contributed by atoms with Crippen LogP contribution in [0.5, 0.6) is 0 Å². The summed E-state index contributed by atoms with van der Waals surface area (Å²) in [5.74, 6) is -0.276. The molecule has 0 spiro atoms. The van der Waals surface area contributed by atoms with Crippen LogP contribution >= 0.6 is 11.6 Å². The van der Waals surface area contributed by atoms with Gasteiger partial charge >= 0.3 is 0 Å². The van der Waals surface area contributed by atoms with Gasteiger partial charge < -0.3 is 15.5 Å². The van der Waals surface area contributed by atoms with Crippen molar-refractivity contribution < 1.29 is 19.9 Å². The summed E-state index contributed by atoms with van der Waals surface area (Å²) < 4.78 is 0. The maximum absolute atomic E-state index is 10.9. The van der Waals surface area contributed by atoms with Gasteiger partial charge in [-0.05, 0) is 6.42 Å². The number of hydrogen-bond donors (Lipinski definition) is 3. The Balaban J connectivity index is 2.83. The summed E-state index contributed by atoms with van der Waals surface area (Å²) in [6, 6.07) is 1.05. The van der Waals surface area contributed by atoms with Crippen LogP contribution in [0.3, 0.4) is 0 Å². The predicted octanol–water partition coefficient (Wildman–Crippen LogP) is 0.564. The largest absolute Gasteiger partial charge is 0.390 e. The highest BCUT2D eigenvalue weighted by Crippen LogP contribution is 2.28. The van der Waals surface area contributed by atoms with Crippen LogP contribution in [0.15, 0.2) is 12.3 Å². The van der Waals surface area contributed by atoms with E-state index < -0.39 is 22.8 Å². The summed E-state index contributed by atoms with van der Waals surface area (Å²) in [4.78, 5) is 24.5. The van der Waals surface area contributed by atoms with Gasteiger partial charge in [0.05, 0.1) is 16.0 Å². The second-order valence-electron chi connectivity index (χ2n) is 4.10. The number of aliphatic hydroxyl groups is 2. The van der Waals surface area contributed by atoms with Gasteiger partial charge in [0.25, 0.3) is 5.69 Å². The lowest BCUT2D eigenvalue weighted by atomic mass is 10.1. The monoisotopic (exact) mass is 303 g/mol. The fourth-order valence-electron chi connectivity index (χ4n) is 1.55. The zero-order valence-electron chi connectivity index (χ0n) is 10.6. The molecule has 1 amide bonds. The van der Waals surface area contributed by atoms with Crippen molar-refractivity contribution in [1.29, 1.82) is 0 Å². The molecule has 1 heterocycles. The second kappa shape index (κ2) is 7.13. The van der Waals surface area contributed by atoms with E-state index in [4.69, 9.17) is 11.6 Å². The normalized spacial score (nSPS) is 13.6. The molecule has 0 radical (unpaired) electrons. The van der Waals surface area contributed by atoms with Crippen molar-refractivity contribution in [3.63, 3.8) is 0 Å². The van der Waals surface area contributed by atoms with Gasteiger partial charge in [-0.3, -0.25) is 14.9 Å². The molecule has 20 heavy (non-hydrogen) atoms. The van der Waals surface area contributed by atoms with Crippen LogP contribution < -0.4 is 5.32 Å². The predicted molar refractivity (Wildman–Crippen MR) is 70.2 cm³/mol. The second-order valence-corrected chi connectivity index (χ2v) is 4.54. The Morgan fingerprint density at radius 1 is 1.60 bits per heavy atom. The molecule has 0 saturated carbocycles. The molecule has 110 valence electrons. The SMILES string of the molecule is CC(=O)NCCC(O)C(O)c1ncc(Cl)cc1[N+](=O)[O-]. The summed E-state index contributed by atoms with van der Waals surface area (Å²) in [7, 11) is 0. The van der Waals surface area contributed by atoms with Crippen molar-refractivity contribution >= 4 is 23.2 Å². The van der Waals surface area contributed by atoms with Crippen LogP contribution in [-0.4, -0.2) is 38.7 Å². The number of aromatic nitrogens is 1. The van der Waals surface area contributed by atoms with E-state index in [1.165, 1.54) is 6.92 Å². The molecule has 3 N–H and O–H groups in total. The summed E-state index contributed by atoms with van der Waals surface area (Å²) in [5.41, 5.74) is -0.738. The number of pyridine rings is 1. The van der Waals surface area contributed by atoms with Gasteiger partial charge in [-0.25, -0.2) is 4.98 Å². The van der Waals surface area contributed by atoms with Crippen molar-refractivity contribution in [1.82, 2.24) is 10.3 Å². The van der Waals surface area contributed by atoms with Crippen LogP contribution in [0.4, 0.5) is 5.69 Å². The first kappa shape index (κ1) is 16.3. The van der Waals surface area contributed by atoms with Crippen molar-refractivity contribution in [2.75, 3.05) is 6.54 Å². The first-order chi connectivity index (χ1) is 9.32. The summed E-state index contributed by atoms with van der Waals surface area (Å²) in [5, 5.41) is 33.0. The quantitative estimate of drug-likeness (QED) is 0.521. The van der Waals surface area contributed by atoms with E-state index in [9.17, 15) is 25.1 Å². The van der Waals surface area contributed by atoms with Crippen LogP contribution in [0.1, 0.15) is 25.1 Å². The number of nitrogens with zero attached hydrogens (tertiary/aromatic N) is 2. The van der Waals surface area contributed by atoms with E-state index in [1.807, 2.05) is 0 Å². The molecular formula is C11H14ClN3O5. The van der Waals surface area contributed by atoms with E-state index in [-0.39, 0.29) is 29.6 Å². The van der Waals surface area contributed by atoms with Crippen molar-refractivity contribution in [3.8, 4) is 0 Å². The molecule has 0 fully saturated rings. The summed E-state index contributed by atoms with van der Waals surface area (Å²) >= 11 is 5.61. The van der Waals surface area contributed by atoms with E-state index in [0.717, 1.165) is 12.3 Å². The lowest BCUT2D eigenvalue weighted by Gasteiger charge is -2.17. The van der Waals surface area contributed by atoms with Gasteiger partial charge in [-0.1, -0.05) is 11.6 Å². The molecular weight excluding hydrogens is 290 g/mol.